The molecule has 0 aliphatic carbocycles. The molecule has 0 bridgehead atoms. The largest absolute Gasteiger partial charge is 0.341 e. The summed E-state index contributed by atoms with van der Waals surface area (Å²) in [5.41, 5.74) is 1.12. The Morgan fingerprint density at radius 3 is 2.64 bits per heavy atom. The van der Waals surface area contributed by atoms with Crippen molar-refractivity contribution >= 4 is 10.9 Å². The first-order chi connectivity index (χ1) is 6.93. The predicted molar refractivity (Wildman–Crippen MR) is 53.2 cm³/mol. The number of fused-ring (bicyclic) bond motifs is 1. The Morgan fingerprint density at radius 1 is 1.07 bits per heavy atom. The minimum Gasteiger partial charge on any atom is -0.341 e. The summed E-state index contributed by atoms with van der Waals surface area (Å²) in [5, 5.41) is 8.71. The molecule has 1 aromatic carbocycles. The Morgan fingerprint density at radius 2 is 1.86 bits per heavy atom. The molecule has 3 aromatic rings. The summed E-state index contributed by atoms with van der Waals surface area (Å²) in [6, 6.07) is 10.2. The zero-order valence-corrected chi connectivity index (χ0v) is 7.38. The van der Waals surface area contributed by atoms with Crippen molar-refractivity contribution in [2.45, 2.75) is 0 Å². The molecule has 2 heterocycles. The molecule has 2 aromatic heterocycles. The molecule has 0 aliphatic rings. The molecule has 0 radical (unpaired) electrons. The van der Waals surface area contributed by atoms with E-state index < -0.39 is 0 Å². The monoisotopic (exact) mass is 184 g/mol. The number of nitrogens with zero attached hydrogens (tertiary/aromatic N) is 3. The van der Waals surface area contributed by atoms with Gasteiger partial charge in [0.1, 0.15) is 18.5 Å². The molecule has 4 nitrogen and oxygen atoms in total. The van der Waals surface area contributed by atoms with Gasteiger partial charge in [0.15, 0.2) is 0 Å². The minimum absolute atomic E-state index is 0.983. The van der Waals surface area contributed by atoms with Crippen molar-refractivity contribution in [1.29, 1.82) is 0 Å². The molecule has 4 heteroatoms. The number of aromatic nitrogens is 4. The highest BCUT2D eigenvalue weighted by molar-refractivity contribution is 5.81. The van der Waals surface area contributed by atoms with Gasteiger partial charge in [0.2, 0.25) is 0 Å². The lowest BCUT2D eigenvalue weighted by Crippen LogP contribution is -1.88. The fourth-order valence-corrected chi connectivity index (χ4v) is 1.52. The van der Waals surface area contributed by atoms with Crippen LogP contribution in [0.1, 0.15) is 0 Å². The molecule has 0 atom stereocenters. The average molecular weight is 184 g/mol. The maximum atomic E-state index is 3.76. The van der Waals surface area contributed by atoms with Crippen LogP contribution in [0, 0.1) is 0 Å². The lowest BCUT2D eigenvalue weighted by atomic mass is 10.2. The molecule has 0 spiro atoms. The lowest BCUT2D eigenvalue weighted by molar-refractivity contribution is 1.01. The molecule has 14 heavy (non-hydrogen) atoms. The standard InChI is InChI=1S/C10H8N4/c1-2-4-9-8(3-1)5-10(13-9)14-6-11-12-7-14/h1-7,13H. The van der Waals surface area contributed by atoms with Crippen molar-refractivity contribution in [2.75, 3.05) is 0 Å². The van der Waals surface area contributed by atoms with Crippen LogP contribution in [0.25, 0.3) is 16.7 Å². The molecule has 0 amide bonds. The van der Waals surface area contributed by atoms with E-state index >= 15 is 0 Å². The number of nitrogens with one attached hydrogen (secondary N) is 1. The van der Waals surface area contributed by atoms with Crippen molar-refractivity contribution < 1.29 is 0 Å². The van der Waals surface area contributed by atoms with Gasteiger partial charge in [0.25, 0.3) is 0 Å². The van der Waals surface area contributed by atoms with Crippen LogP contribution in [0.3, 0.4) is 0 Å². The number of hydrogen-bond donors (Lipinski definition) is 1. The van der Waals surface area contributed by atoms with E-state index in [-0.39, 0.29) is 0 Å². The Hall–Kier alpha value is -2.10. The quantitative estimate of drug-likeness (QED) is 0.626. The molecule has 0 fully saturated rings. The molecule has 0 unspecified atom stereocenters. The Kier molecular flexibility index (Phi) is 1.41. The highest BCUT2D eigenvalue weighted by Crippen LogP contribution is 2.16. The van der Waals surface area contributed by atoms with Crippen molar-refractivity contribution in [2.24, 2.45) is 0 Å². The predicted octanol–water partition coefficient (Wildman–Crippen LogP) is 1.75. The van der Waals surface area contributed by atoms with Gasteiger partial charge >= 0.3 is 0 Å². The van der Waals surface area contributed by atoms with Crippen molar-refractivity contribution in [1.82, 2.24) is 19.7 Å². The number of H-pyrrole nitrogens is 1. The molecule has 1 N–H and O–H groups in total. The summed E-state index contributed by atoms with van der Waals surface area (Å²) < 4.78 is 1.85. The van der Waals surface area contributed by atoms with Gasteiger partial charge in [0, 0.05) is 10.9 Å². The molecule has 0 saturated heterocycles. The molecular weight excluding hydrogens is 176 g/mol. The highest BCUT2D eigenvalue weighted by atomic mass is 15.2. The number of para-hydroxylation sites is 1. The Bertz CT molecular complexity index is 517. The number of hydrogen-bond acceptors (Lipinski definition) is 2. The summed E-state index contributed by atoms with van der Waals surface area (Å²) in [5.74, 6) is 0.983. The van der Waals surface area contributed by atoms with Crippen LogP contribution >= 0.6 is 0 Å². The van der Waals surface area contributed by atoms with E-state index in [0.29, 0.717) is 0 Å². The van der Waals surface area contributed by atoms with Gasteiger partial charge in [0.05, 0.1) is 0 Å². The van der Waals surface area contributed by atoms with Crippen molar-refractivity contribution in [3.63, 3.8) is 0 Å². The Balaban J connectivity index is 2.24. The first kappa shape index (κ1) is 7.32. The van der Waals surface area contributed by atoms with Gasteiger partial charge in [-0.2, -0.15) is 0 Å². The van der Waals surface area contributed by atoms with Gasteiger partial charge in [-0.25, -0.2) is 0 Å². The van der Waals surface area contributed by atoms with Crippen LogP contribution in [-0.2, 0) is 0 Å². The zero-order valence-electron chi connectivity index (χ0n) is 7.38. The van der Waals surface area contributed by atoms with Crippen LogP contribution < -0.4 is 0 Å². The average Bonchev–Trinajstić information content (AvgIpc) is 2.86. The summed E-state index contributed by atoms with van der Waals surface area (Å²) in [6.45, 7) is 0. The molecule has 68 valence electrons. The van der Waals surface area contributed by atoms with Gasteiger partial charge in [-0.1, -0.05) is 18.2 Å². The van der Waals surface area contributed by atoms with Crippen LogP contribution in [0.15, 0.2) is 43.0 Å². The van der Waals surface area contributed by atoms with E-state index in [9.17, 15) is 0 Å². The topological polar surface area (TPSA) is 46.5 Å². The molecule has 3 rings (SSSR count). The number of benzene rings is 1. The van der Waals surface area contributed by atoms with E-state index in [1.807, 2.05) is 22.8 Å². The second-order valence-electron chi connectivity index (χ2n) is 3.11. The van der Waals surface area contributed by atoms with Crippen LogP contribution in [-0.4, -0.2) is 19.7 Å². The maximum Gasteiger partial charge on any atom is 0.125 e. The van der Waals surface area contributed by atoms with Gasteiger partial charge in [-0.3, -0.25) is 4.57 Å². The second kappa shape index (κ2) is 2.70. The second-order valence-corrected chi connectivity index (χ2v) is 3.11. The zero-order chi connectivity index (χ0) is 9.38. The Labute approximate surface area is 80.2 Å². The summed E-state index contributed by atoms with van der Waals surface area (Å²) in [7, 11) is 0. The van der Waals surface area contributed by atoms with Crippen LogP contribution in [0.2, 0.25) is 0 Å². The normalized spacial score (nSPS) is 10.9. The number of rotatable bonds is 1. The SMILES string of the molecule is c1ccc2[nH]c(-n3cnnc3)cc2c1. The summed E-state index contributed by atoms with van der Waals surface area (Å²) >= 11 is 0. The molecule has 0 saturated carbocycles. The fourth-order valence-electron chi connectivity index (χ4n) is 1.52. The highest BCUT2D eigenvalue weighted by Gasteiger charge is 2.00. The first-order valence-corrected chi connectivity index (χ1v) is 4.36. The van der Waals surface area contributed by atoms with Crippen molar-refractivity contribution in [3.8, 4) is 5.82 Å². The van der Waals surface area contributed by atoms with Crippen LogP contribution in [0.4, 0.5) is 0 Å². The van der Waals surface area contributed by atoms with Crippen LogP contribution in [0.5, 0.6) is 0 Å². The van der Waals surface area contributed by atoms with E-state index in [1.54, 1.807) is 12.7 Å². The third-order valence-electron chi connectivity index (χ3n) is 2.21. The lowest BCUT2D eigenvalue weighted by Gasteiger charge is -1.92. The minimum atomic E-state index is 0.983. The smallest absolute Gasteiger partial charge is 0.125 e. The first-order valence-electron chi connectivity index (χ1n) is 4.36. The van der Waals surface area contributed by atoms with E-state index in [0.717, 1.165) is 11.3 Å². The van der Waals surface area contributed by atoms with Gasteiger partial charge < -0.3 is 4.98 Å². The van der Waals surface area contributed by atoms with Gasteiger partial charge in [-0.05, 0) is 12.1 Å². The third kappa shape index (κ3) is 1.01. The van der Waals surface area contributed by atoms with Crippen molar-refractivity contribution in [3.05, 3.63) is 43.0 Å². The van der Waals surface area contributed by atoms with E-state index in [1.165, 1.54) is 5.39 Å². The summed E-state index contributed by atoms with van der Waals surface area (Å²) in [4.78, 5) is 3.28. The molecule has 0 aliphatic heterocycles. The van der Waals surface area contributed by atoms with E-state index in [4.69, 9.17) is 0 Å². The van der Waals surface area contributed by atoms with E-state index in [2.05, 4.69) is 27.3 Å². The van der Waals surface area contributed by atoms with Gasteiger partial charge in [-0.15, -0.1) is 10.2 Å². The molecular formula is C10H8N4. The summed E-state index contributed by atoms with van der Waals surface area (Å²) in [6.07, 6.45) is 3.34. The fraction of sp³-hybridized carbons (Fsp3) is 0. The number of aromatic amines is 1. The third-order valence-corrected chi connectivity index (χ3v) is 2.21. The maximum absolute atomic E-state index is 3.76.